The zero-order chi connectivity index (χ0) is 11.2. The number of benzene rings is 1. The molecule has 0 unspecified atom stereocenters. The van der Waals surface area contributed by atoms with E-state index in [9.17, 15) is 4.79 Å². The Morgan fingerprint density at radius 2 is 2.12 bits per heavy atom. The topological polar surface area (TPSA) is 38.3 Å². The number of carbonyl (C=O) groups excluding carboxylic acids is 1. The first-order chi connectivity index (χ1) is 7.90. The van der Waals surface area contributed by atoms with Gasteiger partial charge in [0.1, 0.15) is 12.4 Å². The van der Waals surface area contributed by atoms with Gasteiger partial charge in [-0.3, -0.25) is 4.79 Å². The monoisotopic (exact) mass is 255 g/mol. The van der Waals surface area contributed by atoms with Gasteiger partial charge in [0.25, 0.3) is 0 Å². The summed E-state index contributed by atoms with van der Waals surface area (Å²) in [5.74, 6) is 3.01. The molecule has 1 aliphatic rings. The van der Waals surface area contributed by atoms with E-state index in [1.165, 1.54) is 11.1 Å². The summed E-state index contributed by atoms with van der Waals surface area (Å²) in [6.07, 6.45) is 0.685. The molecule has 0 saturated heterocycles. The minimum atomic E-state index is 0.513. The van der Waals surface area contributed by atoms with E-state index in [1.54, 1.807) is 0 Å². The van der Waals surface area contributed by atoms with E-state index in [2.05, 4.69) is 17.4 Å². The molecule has 0 radical (unpaired) electrons. The fraction of sp³-hybridized carbons (Fsp3) is 0.364. The van der Waals surface area contributed by atoms with Gasteiger partial charge in [0.2, 0.25) is 6.41 Å². The summed E-state index contributed by atoms with van der Waals surface area (Å²) in [5, 5.41) is 2.57. The number of hydrogen-bond acceptors (Lipinski definition) is 4. The highest BCUT2D eigenvalue weighted by Crippen LogP contribution is 2.38. The average Bonchev–Trinajstić information content (AvgIpc) is 2.34. The summed E-state index contributed by atoms with van der Waals surface area (Å²) in [4.78, 5) is 10.0. The Kier molecular flexibility index (Phi) is 4.42. The largest absolute Gasteiger partial charge is 0.492 e. The Morgan fingerprint density at radius 1 is 1.31 bits per heavy atom. The van der Waals surface area contributed by atoms with Crippen molar-refractivity contribution >= 4 is 28.0 Å². The van der Waals surface area contributed by atoms with Crippen molar-refractivity contribution in [2.24, 2.45) is 0 Å². The third-order valence-electron chi connectivity index (χ3n) is 2.29. The molecule has 5 heteroatoms. The molecule has 0 bridgehead atoms. The second-order valence-corrected chi connectivity index (χ2v) is 5.84. The van der Waals surface area contributed by atoms with Crippen LogP contribution in [0.25, 0.3) is 0 Å². The molecule has 1 N–H and O–H groups in total. The summed E-state index contributed by atoms with van der Waals surface area (Å²) in [5.41, 5.74) is 2.77. The number of nitrogens with one attached hydrogen (secondary N) is 1. The van der Waals surface area contributed by atoms with Gasteiger partial charge in [-0.1, -0.05) is 27.7 Å². The van der Waals surface area contributed by atoms with E-state index >= 15 is 0 Å². The molecule has 0 atom stereocenters. The van der Waals surface area contributed by atoms with Crippen LogP contribution < -0.4 is 10.1 Å². The number of fused-ring (bicyclic) bond motifs is 1. The van der Waals surface area contributed by atoms with Gasteiger partial charge in [0.05, 0.1) is 6.54 Å². The molecule has 3 nitrogen and oxygen atoms in total. The summed E-state index contributed by atoms with van der Waals surface area (Å²) in [7, 11) is 3.78. The molecule has 86 valence electrons. The Labute approximate surface area is 103 Å². The molecule has 1 aromatic carbocycles. The van der Waals surface area contributed by atoms with Crippen LogP contribution in [-0.4, -0.2) is 19.6 Å². The molecule has 0 fully saturated rings. The molecule has 2 rings (SSSR count). The standard InChI is InChI=1S/C11H13NO2S2/c13-8-12-3-4-14-11-2-1-9-6-15-16-7-10(9)5-11/h1-2,5,8H,3-4,6-7H2,(H,12,13). The van der Waals surface area contributed by atoms with Gasteiger partial charge in [-0.15, -0.1) is 0 Å². The summed E-state index contributed by atoms with van der Waals surface area (Å²) in [6.45, 7) is 1.06. The van der Waals surface area contributed by atoms with Gasteiger partial charge in [0.15, 0.2) is 0 Å². The third kappa shape index (κ3) is 3.09. The smallest absolute Gasteiger partial charge is 0.207 e. The van der Waals surface area contributed by atoms with Crippen LogP contribution in [0.5, 0.6) is 5.75 Å². The third-order valence-corrected chi connectivity index (χ3v) is 4.52. The van der Waals surface area contributed by atoms with Crippen molar-refractivity contribution in [1.82, 2.24) is 5.32 Å². The molecule has 1 heterocycles. The molecule has 16 heavy (non-hydrogen) atoms. The molecule has 0 aromatic heterocycles. The van der Waals surface area contributed by atoms with Crippen LogP contribution >= 0.6 is 21.6 Å². The van der Waals surface area contributed by atoms with Crippen LogP contribution in [0.4, 0.5) is 0 Å². The lowest BCUT2D eigenvalue weighted by atomic mass is 10.1. The highest BCUT2D eigenvalue weighted by molar-refractivity contribution is 8.76. The molecule has 1 aromatic rings. The Morgan fingerprint density at radius 3 is 2.94 bits per heavy atom. The van der Waals surface area contributed by atoms with E-state index in [-0.39, 0.29) is 0 Å². The van der Waals surface area contributed by atoms with Gasteiger partial charge in [0, 0.05) is 11.5 Å². The van der Waals surface area contributed by atoms with E-state index < -0.39 is 0 Å². The summed E-state index contributed by atoms with van der Waals surface area (Å²) < 4.78 is 5.54. The van der Waals surface area contributed by atoms with Crippen LogP contribution in [0.15, 0.2) is 18.2 Å². The van der Waals surface area contributed by atoms with Gasteiger partial charge in [-0.2, -0.15) is 0 Å². The lowest BCUT2D eigenvalue weighted by molar-refractivity contribution is -0.109. The van der Waals surface area contributed by atoms with Crippen LogP contribution in [0, 0.1) is 0 Å². The highest BCUT2D eigenvalue weighted by Gasteiger charge is 2.10. The fourth-order valence-electron chi connectivity index (χ4n) is 1.46. The summed E-state index contributed by atoms with van der Waals surface area (Å²) in [6, 6.07) is 6.23. The quantitative estimate of drug-likeness (QED) is 0.497. The number of rotatable bonds is 5. The minimum absolute atomic E-state index is 0.513. The highest BCUT2D eigenvalue weighted by atomic mass is 33.1. The predicted octanol–water partition coefficient (Wildman–Crippen LogP) is 2.21. The maximum Gasteiger partial charge on any atom is 0.207 e. The predicted molar refractivity (Wildman–Crippen MR) is 68.6 cm³/mol. The number of hydrogen-bond donors (Lipinski definition) is 1. The minimum Gasteiger partial charge on any atom is -0.492 e. The average molecular weight is 255 g/mol. The Balaban J connectivity index is 1.92. The van der Waals surface area contributed by atoms with Crippen molar-refractivity contribution < 1.29 is 9.53 Å². The lowest BCUT2D eigenvalue weighted by Crippen LogP contribution is -2.19. The fourth-order valence-corrected chi connectivity index (χ4v) is 3.70. The van der Waals surface area contributed by atoms with E-state index in [0.717, 1.165) is 17.3 Å². The molecular formula is C11H13NO2S2. The Hall–Kier alpha value is -0.810. The normalized spacial score (nSPS) is 14.0. The van der Waals surface area contributed by atoms with Crippen molar-refractivity contribution in [3.8, 4) is 5.75 Å². The number of carbonyl (C=O) groups is 1. The molecule has 0 spiro atoms. The van der Waals surface area contributed by atoms with Gasteiger partial charge < -0.3 is 10.1 Å². The van der Waals surface area contributed by atoms with E-state index in [4.69, 9.17) is 4.74 Å². The van der Waals surface area contributed by atoms with Crippen LogP contribution in [0.2, 0.25) is 0 Å². The second kappa shape index (κ2) is 6.06. The first-order valence-corrected chi connectivity index (χ1v) is 7.55. The zero-order valence-electron chi connectivity index (χ0n) is 8.77. The van der Waals surface area contributed by atoms with Gasteiger partial charge >= 0.3 is 0 Å². The first kappa shape index (κ1) is 11.7. The summed E-state index contributed by atoms with van der Waals surface area (Å²) >= 11 is 0. The SMILES string of the molecule is O=CNCCOc1ccc2c(c1)CSSC2. The molecular weight excluding hydrogens is 242 g/mol. The van der Waals surface area contributed by atoms with Crippen molar-refractivity contribution in [2.75, 3.05) is 13.2 Å². The number of ether oxygens (including phenoxy) is 1. The van der Waals surface area contributed by atoms with E-state index in [0.29, 0.717) is 19.6 Å². The van der Waals surface area contributed by atoms with Crippen LogP contribution in [0.1, 0.15) is 11.1 Å². The van der Waals surface area contributed by atoms with Crippen molar-refractivity contribution in [1.29, 1.82) is 0 Å². The molecule has 0 aliphatic carbocycles. The number of amides is 1. The van der Waals surface area contributed by atoms with Crippen LogP contribution in [0.3, 0.4) is 0 Å². The molecule has 1 aliphatic heterocycles. The van der Waals surface area contributed by atoms with Gasteiger partial charge in [-0.25, -0.2) is 0 Å². The van der Waals surface area contributed by atoms with Crippen molar-refractivity contribution in [2.45, 2.75) is 11.5 Å². The first-order valence-electron chi connectivity index (χ1n) is 5.06. The zero-order valence-corrected chi connectivity index (χ0v) is 10.4. The van der Waals surface area contributed by atoms with Crippen molar-refractivity contribution in [3.05, 3.63) is 29.3 Å². The van der Waals surface area contributed by atoms with Crippen molar-refractivity contribution in [3.63, 3.8) is 0 Å². The maximum absolute atomic E-state index is 10.0. The Bertz CT molecular complexity index is 371. The molecule has 0 saturated carbocycles. The lowest BCUT2D eigenvalue weighted by Gasteiger charge is -2.15. The maximum atomic E-state index is 10.0. The van der Waals surface area contributed by atoms with E-state index in [1.807, 2.05) is 27.7 Å². The van der Waals surface area contributed by atoms with Crippen LogP contribution in [-0.2, 0) is 16.3 Å². The second-order valence-electron chi connectivity index (χ2n) is 3.38. The molecule has 1 amide bonds. The van der Waals surface area contributed by atoms with Gasteiger partial charge in [-0.05, 0) is 23.3 Å².